The number of aromatic nitrogens is 3. The van der Waals surface area contributed by atoms with Gasteiger partial charge in [-0.2, -0.15) is 0 Å². The molecule has 0 unspecified atom stereocenters. The van der Waals surface area contributed by atoms with Crippen molar-refractivity contribution < 1.29 is 4.74 Å². The Kier molecular flexibility index (Phi) is 2.05. The molecule has 1 aromatic heterocycles. The topological polar surface area (TPSA) is 66.0 Å². The lowest BCUT2D eigenvalue weighted by Crippen LogP contribution is -2.09. The van der Waals surface area contributed by atoms with Gasteiger partial charge in [0.15, 0.2) is 0 Å². The van der Waals surface area contributed by atoms with Crippen molar-refractivity contribution in [1.29, 1.82) is 0 Å². The molecule has 5 nitrogen and oxygen atoms in total. The molecule has 1 aliphatic rings. The SMILES string of the molecule is NCc1cn([C@H]2CCOC2)nn1. The van der Waals surface area contributed by atoms with Crippen LogP contribution in [0.3, 0.4) is 0 Å². The lowest BCUT2D eigenvalue weighted by atomic mass is 10.3. The molecule has 5 heteroatoms. The van der Waals surface area contributed by atoms with E-state index in [1.807, 2.05) is 10.9 Å². The molecule has 0 bridgehead atoms. The first kappa shape index (κ1) is 7.70. The van der Waals surface area contributed by atoms with Crippen molar-refractivity contribution in [2.24, 2.45) is 5.73 Å². The van der Waals surface area contributed by atoms with E-state index in [0.717, 1.165) is 25.3 Å². The lowest BCUT2D eigenvalue weighted by molar-refractivity contribution is 0.184. The van der Waals surface area contributed by atoms with Gasteiger partial charge in [-0.1, -0.05) is 5.21 Å². The van der Waals surface area contributed by atoms with Gasteiger partial charge in [0.2, 0.25) is 0 Å². The van der Waals surface area contributed by atoms with Crippen LogP contribution in [0.25, 0.3) is 0 Å². The average molecular weight is 168 g/mol. The maximum Gasteiger partial charge on any atom is 0.0962 e. The quantitative estimate of drug-likeness (QED) is 0.658. The summed E-state index contributed by atoms with van der Waals surface area (Å²) < 4.78 is 7.08. The predicted octanol–water partition coefficient (Wildman–Crippen LogP) is -0.302. The van der Waals surface area contributed by atoms with E-state index < -0.39 is 0 Å². The number of rotatable bonds is 2. The van der Waals surface area contributed by atoms with Crippen LogP contribution in [0.4, 0.5) is 0 Å². The zero-order valence-electron chi connectivity index (χ0n) is 6.81. The third-order valence-corrected chi connectivity index (χ3v) is 2.05. The predicted molar refractivity (Wildman–Crippen MR) is 42.4 cm³/mol. The van der Waals surface area contributed by atoms with Crippen LogP contribution in [0.5, 0.6) is 0 Å². The van der Waals surface area contributed by atoms with Crippen molar-refractivity contribution in [3.63, 3.8) is 0 Å². The second-order valence-corrected chi connectivity index (χ2v) is 2.91. The summed E-state index contributed by atoms with van der Waals surface area (Å²) in [6, 6.07) is 0.359. The van der Waals surface area contributed by atoms with Gasteiger partial charge in [0.1, 0.15) is 0 Å². The van der Waals surface area contributed by atoms with Crippen LogP contribution in [0.2, 0.25) is 0 Å². The van der Waals surface area contributed by atoms with Crippen LogP contribution in [-0.4, -0.2) is 28.2 Å². The van der Waals surface area contributed by atoms with Crippen molar-refractivity contribution in [3.05, 3.63) is 11.9 Å². The Morgan fingerprint density at radius 1 is 1.75 bits per heavy atom. The normalized spacial score (nSPS) is 23.2. The second-order valence-electron chi connectivity index (χ2n) is 2.91. The molecule has 1 atom stereocenters. The summed E-state index contributed by atoms with van der Waals surface area (Å²) >= 11 is 0. The van der Waals surface area contributed by atoms with Gasteiger partial charge < -0.3 is 10.5 Å². The van der Waals surface area contributed by atoms with E-state index >= 15 is 0 Å². The summed E-state index contributed by atoms with van der Waals surface area (Å²) in [7, 11) is 0. The largest absolute Gasteiger partial charge is 0.379 e. The van der Waals surface area contributed by atoms with Crippen molar-refractivity contribution in [2.75, 3.05) is 13.2 Å². The summed E-state index contributed by atoms with van der Waals surface area (Å²) in [5.41, 5.74) is 6.25. The molecule has 1 fully saturated rings. The Balaban J connectivity index is 2.11. The number of nitrogens with two attached hydrogens (primary N) is 1. The smallest absolute Gasteiger partial charge is 0.0962 e. The molecule has 1 aromatic rings. The molecule has 0 radical (unpaired) electrons. The summed E-state index contributed by atoms with van der Waals surface area (Å²) in [5, 5.41) is 7.89. The van der Waals surface area contributed by atoms with Crippen molar-refractivity contribution in [3.8, 4) is 0 Å². The molecule has 0 amide bonds. The Bertz CT molecular complexity index is 254. The van der Waals surface area contributed by atoms with Gasteiger partial charge in [-0.3, -0.25) is 0 Å². The first-order chi connectivity index (χ1) is 5.90. The molecule has 0 saturated carbocycles. The molecule has 2 rings (SSSR count). The van der Waals surface area contributed by atoms with E-state index in [1.165, 1.54) is 0 Å². The van der Waals surface area contributed by atoms with Crippen molar-refractivity contribution in [1.82, 2.24) is 15.0 Å². The molecule has 1 saturated heterocycles. The maximum atomic E-state index is 5.41. The minimum absolute atomic E-state index is 0.359. The molecule has 0 aliphatic carbocycles. The summed E-state index contributed by atoms with van der Waals surface area (Å²) in [4.78, 5) is 0. The zero-order chi connectivity index (χ0) is 8.39. The maximum absolute atomic E-state index is 5.41. The Hall–Kier alpha value is -0.940. The summed E-state index contributed by atoms with van der Waals surface area (Å²) in [5.74, 6) is 0. The first-order valence-electron chi connectivity index (χ1n) is 4.08. The first-order valence-corrected chi connectivity index (χ1v) is 4.08. The lowest BCUT2D eigenvalue weighted by Gasteiger charge is -2.04. The molecule has 2 N–H and O–H groups in total. The standard InChI is InChI=1S/C7H12N4O/c8-3-6-4-11(10-9-6)7-1-2-12-5-7/h4,7H,1-3,5,8H2/t7-/m0/s1. The highest BCUT2D eigenvalue weighted by molar-refractivity contribution is 4.92. The molecule has 0 spiro atoms. The highest BCUT2D eigenvalue weighted by atomic mass is 16.5. The third-order valence-electron chi connectivity index (χ3n) is 2.05. The van der Waals surface area contributed by atoms with Gasteiger partial charge in [-0.25, -0.2) is 4.68 Å². The minimum Gasteiger partial charge on any atom is -0.379 e. The van der Waals surface area contributed by atoms with Gasteiger partial charge in [0.25, 0.3) is 0 Å². The summed E-state index contributed by atoms with van der Waals surface area (Å²) in [6.45, 7) is 2.02. The number of ether oxygens (including phenoxy) is 1. The van der Waals surface area contributed by atoms with Gasteiger partial charge >= 0.3 is 0 Å². The van der Waals surface area contributed by atoms with Crippen molar-refractivity contribution in [2.45, 2.75) is 19.0 Å². The number of hydrogen-bond donors (Lipinski definition) is 1. The van der Waals surface area contributed by atoms with E-state index in [9.17, 15) is 0 Å². The summed E-state index contributed by atoms with van der Waals surface area (Å²) in [6.07, 6.45) is 2.91. The van der Waals surface area contributed by atoms with E-state index in [-0.39, 0.29) is 0 Å². The molecule has 0 aromatic carbocycles. The molecule has 66 valence electrons. The van der Waals surface area contributed by atoms with E-state index in [0.29, 0.717) is 12.6 Å². The van der Waals surface area contributed by atoms with Crippen LogP contribution < -0.4 is 5.73 Å². The van der Waals surface area contributed by atoms with Crippen molar-refractivity contribution >= 4 is 0 Å². The molecular formula is C7H12N4O. The molecular weight excluding hydrogens is 156 g/mol. The monoisotopic (exact) mass is 168 g/mol. The van der Waals surface area contributed by atoms with Crippen LogP contribution >= 0.6 is 0 Å². The number of nitrogens with zero attached hydrogens (tertiary/aromatic N) is 3. The fourth-order valence-corrected chi connectivity index (χ4v) is 1.32. The van der Waals surface area contributed by atoms with Gasteiger partial charge in [0, 0.05) is 13.2 Å². The number of hydrogen-bond acceptors (Lipinski definition) is 4. The Morgan fingerprint density at radius 3 is 3.25 bits per heavy atom. The van der Waals surface area contributed by atoms with E-state index in [4.69, 9.17) is 10.5 Å². The van der Waals surface area contributed by atoms with Crippen LogP contribution in [-0.2, 0) is 11.3 Å². The molecule has 12 heavy (non-hydrogen) atoms. The average Bonchev–Trinajstić information content (AvgIpc) is 2.75. The van der Waals surface area contributed by atoms with E-state index in [1.54, 1.807) is 0 Å². The highest BCUT2D eigenvalue weighted by Gasteiger charge is 2.18. The third kappa shape index (κ3) is 1.33. The van der Waals surface area contributed by atoms with Crippen LogP contribution in [0, 0.1) is 0 Å². The van der Waals surface area contributed by atoms with Gasteiger partial charge in [-0.05, 0) is 6.42 Å². The second kappa shape index (κ2) is 3.20. The fourth-order valence-electron chi connectivity index (χ4n) is 1.32. The van der Waals surface area contributed by atoms with Gasteiger partial charge in [0.05, 0.1) is 24.5 Å². The minimum atomic E-state index is 0.359. The highest BCUT2D eigenvalue weighted by Crippen LogP contribution is 2.16. The zero-order valence-corrected chi connectivity index (χ0v) is 6.81. The molecule has 2 heterocycles. The Labute approximate surface area is 70.5 Å². The van der Waals surface area contributed by atoms with Crippen LogP contribution in [0.15, 0.2) is 6.20 Å². The fraction of sp³-hybridized carbons (Fsp3) is 0.714. The molecule has 1 aliphatic heterocycles. The van der Waals surface area contributed by atoms with Gasteiger partial charge in [-0.15, -0.1) is 5.10 Å². The Morgan fingerprint density at radius 2 is 2.67 bits per heavy atom. The van der Waals surface area contributed by atoms with Crippen LogP contribution in [0.1, 0.15) is 18.2 Å². The van der Waals surface area contributed by atoms with E-state index in [2.05, 4.69) is 10.3 Å².